The lowest BCUT2D eigenvalue weighted by Crippen LogP contribution is -2.48. The van der Waals surface area contributed by atoms with Crippen molar-refractivity contribution >= 4 is 5.91 Å². The predicted octanol–water partition coefficient (Wildman–Crippen LogP) is -0.499. The Bertz CT molecular complexity index is 186. The third kappa shape index (κ3) is 2.67. The smallest absolute Gasteiger partial charge is 0.223 e. The number of carbonyl (C=O) groups is 1. The molecule has 74 valence electrons. The van der Waals surface area contributed by atoms with Crippen LogP contribution in [-0.4, -0.2) is 38.3 Å². The second-order valence-corrected chi connectivity index (χ2v) is 3.75. The number of morpholine rings is 1. The average molecular weight is 184 g/mol. The molecule has 2 aliphatic rings. The van der Waals surface area contributed by atoms with Gasteiger partial charge < -0.3 is 15.4 Å². The van der Waals surface area contributed by atoms with Gasteiger partial charge in [0.1, 0.15) is 0 Å². The molecule has 4 nitrogen and oxygen atoms in total. The molecule has 1 saturated carbocycles. The molecule has 4 heteroatoms. The SMILES string of the molecule is O=C(NCC1COCCN1)C1CC1. The standard InChI is InChI=1S/C9H16N2O2/c12-9(7-1-2-7)11-5-8-6-13-4-3-10-8/h7-8,10H,1-6H2,(H,11,12). The molecule has 1 atom stereocenters. The van der Waals surface area contributed by atoms with E-state index in [0.717, 1.165) is 26.0 Å². The summed E-state index contributed by atoms with van der Waals surface area (Å²) in [6, 6.07) is 0.302. The van der Waals surface area contributed by atoms with Crippen LogP contribution in [0.4, 0.5) is 0 Å². The van der Waals surface area contributed by atoms with Gasteiger partial charge in [0, 0.05) is 25.0 Å². The van der Waals surface area contributed by atoms with Crippen molar-refractivity contribution < 1.29 is 9.53 Å². The maximum Gasteiger partial charge on any atom is 0.223 e. The Labute approximate surface area is 78.0 Å². The highest BCUT2D eigenvalue weighted by Crippen LogP contribution is 2.28. The Morgan fingerprint density at radius 2 is 2.38 bits per heavy atom. The van der Waals surface area contributed by atoms with Gasteiger partial charge in [-0.1, -0.05) is 0 Å². The zero-order chi connectivity index (χ0) is 9.10. The summed E-state index contributed by atoms with van der Waals surface area (Å²) in [7, 11) is 0. The Morgan fingerprint density at radius 1 is 1.54 bits per heavy atom. The molecule has 13 heavy (non-hydrogen) atoms. The van der Waals surface area contributed by atoms with E-state index >= 15 is 0 Å². The van der Waals surface area contributed by atoms with E-state index in [0.29, 0.717) is 25.1 Å². The molecule has 1 saturated heterocycles. The van der Waals surface area contributed by atoms with Gasteiger partial charge in [0.05, 0.1) is 13.2 Å². The summed E-state index contributed by atoms with van der Waals surface area (Å²) in [5.41, 5.74) is 0. The topological polar surface area (TPSA) is 50.4 Å². The van der Waals surface area contributed by atoms with Crippen LogP contribution in [0.3, 0.4) is 0 Å². The number of amides is 1. The van der Waals surface area contributed by atoms with E-state index in [2.05, 4.69) is 10.6 Å². The molecule has 1 amide bonds. The van der Waals surface area contributed by atoms with E-state index < -0.39 is 0 Å². The normalized spacial score (nSPS) is 28.5. The fraction of sp³-hybridized carbons (Fsp3) is 0.889. The second-order valence-electron chi connectivity index (χ2n) is 3.75. The first-order valence-corrected chi connectivity index (χ1v) is 4.95. The molecule has 2 rings (SSSR count). The molecular weight excluding hydrogens is 168 g/mol. The molecule has 0 spiro atoms. The largest absolute Gasteiger partial charge is 0.378 e. The monoisotopic (exact) mass is 184 g/mol. The van der Waals surface area contributed by atoms with Gasteiger partial charge in [-0.2, -0.15) is 0 Å². The highest BCUT2D eigenvalue weighted by molar-refractivity contribution is 5.80. The van der Waals surface area contributed by atoms with Gasteiger partial charge in [-0.15, -0.1) is 0 Å². The summed E-state index contributed by atoms with van der Waals surface area (Å²) in [5, 5.41) is 6.23. The Balaban J connectivity index is 1.62. The van der Waals surface area contributed by atoms with Gasteiger partial charge in [0.25, 0.3) is 0 Å². The van der Waals surface area contributed by atoms with Crippen molar-refractivity contribution in [1.82, 2.24) is 10.6 Å². The molecule has 1 heterocycles. The highest BCUT2D eigenvalue weighted by atomic mass is 16.5. The van der Waals surface area contributed by atoms with Crippen molar-refractivity contribution in [3.8, 4) is 0 Å². The zero-order valence-electron chi connectivity index (χ0n) is 7.71. The highest BCUT2D eigenvalue weighted by Gasteiger charge is 2.29. The van der Waals surface area contributed by atoms with E-state index in [9.17, 15) is 4.79 Å². The van der Waals surface area contributed by atoms with Crippen LogP contribution in [0, 0.1) is 5.92 Å². The van der Waals surface area contributed by atoms with Crippen LogP contribution >= 0.6 is 0 Å². The lowest BCUT2D eigenvalue weighted by Gasteiger charge is -2.23. The number of rotatable bonds is 3. The van der Waals surface area contributed by atoms with Crippen molar-refractivity contribution in [2.75, 3.05) is 26.3 Å². The van der Waals surface area contributed by atoms with Crippen molar-refractivity contribution in [1.29, 1.82) is 0 Å². The molecule has 2 N–H and O–H groups in total. The van der Waals surface area contributed by atoms with Gasteiger partial charge in [-0.05, 0) is 12.8 Å². The quantitative estimate of drug-likeness (QED) is 0.622. The van der Waals surface area contributed by atoms with Crippen molar-refractivity contribution in [3.63, 3.8) is 0 Å². The number of nitrogens with one attached hydrogen (secondary N) is 2. The minimum atomic E-state index is 0.215. The van der Waals surface area contributed by atoms with Gasteiger partial charge in [-0.25, -0.2) is 0 Å². The zero-order valence-corrected chi connectivity index (χ0v) is 7.71. The lowest BCUT2D eigenvalue weighted by molar-refractivity contribution is -0.122. The second kappa shape index (κ2) is 4.07. The average Bonchev–Trinajstić information content (AvgIpc) is 2.99. The maximum atomic E-state index is 11.3. The third-order valence-corrected chi connectivity index (χ3v) is 2.47. The van der Waals surface area contributed by atoms with Crippen LogP contribution < -0.4 is 10.6 Å². The van der Waals surface area contributed by atoms with Crippen LogP contribution in [0.25, 0.3) is 0 Å². The maximum absolute atomic E-state index is 11.3. The van der Waals surface area contributed by atoms with Crippen LogP contribution in [-0.2, 0) is 9.53 Å². The first-order valence-electron chi connectivity index (χ1n) is 4.95. The molecule has 0 aromatic carbocycles. The number of hydrogen-bond donors (Lipinski definition) is 2. The number of hydrogen-bond acceptors (Lipinski definition) is 3. The molecule has 1 unspecified atom stereocenters. The van der Waals surface area contributed by atoms with Crippen molar-refractivity contribution in [2.45, 2.75) is 18.9 Å². The first-order chi connectivity index (χ1) is 6.36. The molecule has 0 aromatic rings. The summed E-state index contributed by atoms with van der Waals surface area (Å²) in [5.74, 6) is 0.525. The number of carbonyl (C=O) groups excluding carboxylic acids is 1. The van der Waals surface area contributed by atoms with Crippen LogP contribution in [0.15, 0.2) is 0 Å². The Morgan fingerprint density at radius 3 is 3.00 bits per heavy atom. The fourth-order valence-electron chi connectivity index (χ4n) is 1.46. The molecule has 0 aromatic heterocycles. The Kier molecular flexibility index (Phi) is 2.80. The first kappa shape index (κ1) is 8.97. The van der Waals surface area contributed by atoms with Gasteiger partial charge in [0.15, 0.2) is 0 Å². The van der Waals surface area contributed by atoms with Crippen molar-refractivity contribution in [3.05, 3.63) is 0 Å². The summed E-state index contributed by atoms with van der Waals surface area (Å²) in [6.07, 6.45) is 2.14. The van der Waals surface area contributed by atoms with E-state index in [1.54, 1.807) is 0 Å². The van der Waals surface area contributed by atoms with Gasteiger partial charge in [0.2, 0.25) is 5.91 Å². The molecule has 0 radical (unpaired) electrons. The van der Waals surface area contributed by atoms with Crippen molar-refractivity contribution in [2.24, 2.45) is 5.92 Å². The van der Waals surface area contributed by atoms with E-state index in [-0.39, 0.29) is 5.91 Å². The summed E-state index contributed by atoms with van der Waals surface area (Å²) < 4.78 is 5.28. The third-order valence-electron chi connectivity index (χ3n) is 2.47. The summed E-state index contributed by atoms with van der Waals surface area (Å²) in [6.45, 7) is 3.09. The molecule has 0 bridgehead atoms. The van der Waals surface area contributed by atoms with E-state index in [4.69, 9.17) is 4.74 Å². The summed E-state index contributed by atoms with van der Waals surface area (Å²) >= 11 is 0. The van der Waals surface area contributed by atoms with E-state index in [1.807, 2.05) is 0 Å². The number of ether oxygens (including phenoxy) is 1. The lowest BCUT2D eigenvalue weighted by atomic mass is 10.2. The molecule has 2 fully saturated rings. The van der Waals surface area contributed by atoms with Crippen LogP contribution in [0.5, 0.6) is 0 Å². The fourth-order valence-corrected chi connectivity index (χ4v) is 1.46. The minimum absolute atomic E-state index is 0.215. The van der Waals surface area contributed by atoms with Crippen LogP contribution in [0.1, 0.15) is 12.8 Å². The molecule has 1 aliphatic heterocycles. The van der Waals surface area contributed by atoms with Gasteiger partial charge in [-0.3, -0.25) is 4.79 Å². The molecular formula is C9H16N2O2. The summed E-state index contributed by atoms with van der Waals surface area (Å²) in [4.78, 5) is 11.3. The van der Waals surface area contributed by atoms with Gasteiger partial charge >= 0.3 is 0 Å². The minimum Gasteiger partial charge on any atom is -0.378 e. The van der Waals surface area contributed by atoms with E-state index in [1.165, 1.54) is 0 Å². The van der Waals surface area contributed by atoms with Crippen LogP contribution in [0.2, 0.25) is 0 Å². The Hall–Kier alpha value is -0.610. The predicted molar refractivity (Wildman–Crippen MR) is 48.3 cm³/mol. The molecule has 1 aliphatic carbocycles.